The molecule has 1 aromatic carbocycles. The average Bonchev–Trinajstić information content (AvgIpc) is 3.38. The van der Waals surface area contributed by atoms with Crippen LogP contribution in [0.3, 0.4) is 0 Å². The Kier molecular flexibility index (Phi) is 7.52. The maximum Gasteiger partial charge on any atom is 0.191 e. The van der Waals surface area contributed by atoms with Crippen LogP contribution in [0.25, 0.3) is 11.3 Å². The van der Waals surface area contributed by atoms with Crippen LogP contribution in [0.4, 0.5) is 0 Å². The first kappa shape index (κ1) is 22.3. The lowest BCUT2D eigenvalue weighted by Crippen LogP contribution is -2.45. The topological polar surface area (TPSA) is 80.3 Å². The third-order valence-electron chi connectivity index (χ3n) is 5.25. The number of aliphatic imine (C=N–C) groups is 1. The molecule has 4 rings (SSSR count). The molecule has 2 heterocycles. The Morgan fingerprint density at radius 1 is 1.30 bits per heavy atom. The summed E-state index contributed by atoms with van der Waals surface area (Å²) in [6, 6.07) is 12.7. The molecule has 0 spiro atoms. The largest absolute Gasteiger partial charge is 0.359 e. The summed E-state index contributed by atoms with van der Waals surface area (Å²) in [5, 5.41) is 15.8. The van der Waals surface area contributed by atoms with Crippen molar-refractivity contribution in [3.63, 3.8) is 0 Å². The van der Waals surface area contributed by atoms with Crippen molar-refractivity contribution in [2.75, 3.05) is 7.05 Å². The number of guanidine groups is 1. The van der Waals surface area contributed by atoms with E-state index in [4.69, 9.17) is 9.62 Å². The Morgan fingerprint density at radius 2 is 2.10 bits per heavy atom. The maximum atomic E-state index is 5.47. The van der Waals surface area contributed by atoms with Gasteiger partial charge in [-0.05, 0) is 32.3 Å². The van der Waals surface area contributed by atoms with Crippen LogP contribution in [0.15, 0.2) is 52.1 Å². The molecular weight excluding hydrogens is 491 g/mol. The van der Waals surface area contributed by atoms with E-state index in [2.05, 4.69) is 45.5 Å². The number of rotatable bonds is 5. The summed E-state index contributed by atoms with van der Waals surface area (Å²) in [5.41, 5.74) is 4.45. The molecular formula is C22H29IN6O. The van der Waals surface area contributed by atoms with Crippen LogP contribution in [0.2, 0.25) is 0 Å². The van der Waals surface area contributed by atoms with Gasteiger partial charge >= 0.3 is 0 Å². The van der Waals surface area contributed by atoms with Gasteiger partial charge in [-0.2, -0.15) is 5.10 Å². The van der Waals surface area contributed by atoms with E-state index in [-0.39, 0.29) is 24.0 Å². The van der Waals surface area contributed by atoms with E-state index >= 15 is 0 Å². The summed E-state index contributed by atoms with van der Waals surface area (Å²) >= 11 is 0. The number of hydrogen-bond acceptors (Lipinski definition) is 4. The minimum atomic E-state index is 0. The first-order valence-electron chi connectivity index (χ1n) is 10.2. The maximum absolute atomic E-state index is 5.47. The number of halogens is 1. The standard InChI is InChI=1S/C22H28N6O.HI/c1-15(2)28-14-17-9-10-18(11-20(17)26-28)25-22(23-3)24-13-19-12-21(27-29-19)16-7-5-4-6-8-16;/h4-8,12,14-15,18H,9-11,13H2,1-3H3,(H2,23,24,25);1H. The Labute approximate surface area is 194 Å². The summed E-state index contributed by atoms with van der Waals surface area (Å²) in [6.07, 6.45) is 5.21. The molecule has 1 unspecified atom stereocenters. The van der Waals surface area contributed by atoms with Crippen molar-refractivity contribution in [3.05, 3.63) is 59.6 Å². The number of fused-ring (bicyclic) bond motifs is 1. The molecule has 0 bridgehead atoms. The molecule has 1 aliphatic rings. The predicted molar refractivity (Wildman–Crippen MR) is 129 cm³/mol. The molecule has 30 heavy (non-hydrogen) atoms. The zero-order valence-electron chi connectivity index (χ0n) is 17.6. The SMILES string of the molecule is CN=C(NCc1cc(-c2ccccc2)no1)NC1CCc2cn(C(C)C)nc2C1.I. The predicted octanol–water partition coefficient (Wildman–Crippen LogP) is 3.96. The van der Waals surface area contributed by atoms with E-state index in [0.29, 0.717) is 18.6 Å². The Hall–Kier alpha value is -2.36. The van der Waals surface area contributed by atoms with Crippen LogP contribution in [-0.4, -0.2) is 34.0 Å². The molecule has 0 aliphatic heterocycles. The van der Waals surface area contributed by atoms with Crippen LogP contribution >= 0.6 is 24.0 Å². The molecule has 0 saturated heterocycles. The fraction of sp³-hybridized carbons (Fsp3) is 0.409. The average molecular weight is 520 g/mol. The first-order valence-corrected chi connectivity index (χ1v) is 10.2. The van der Waals surface area contributed by atoms with Crippen LogP contribution in [0.1, 0.15) is 43.3 Å². The summed E-state index contributed by atoms with van der Waals surface area (Å²) < 4.78 is 7.53. The molecule has 0 fully saturated rings. The van der Waals surface area contributed by atoms with Crippen molar-refractivity contribution in [2.24, 2.45) is 4.99 Å². The summed E-state index contributed by atoms with van der Waals surface area (Å²) in [5.74, 6) is 1.54. The van der Waals surface area contributed by atoms with Gasteiger partial charge in [0.2, 0.25) is 0 Å². The molecule has 160 valence electrons. The zero-order chi connectivity index (χ0) is 20.2. The van der Waals surface area contributed by atoms with Crippen LogP contribution in [0, 0.1) is 0 Å². The number of aromatic nitrogens is 3. The van der Waals surface area contributed by atoms with Gasteiger partial charge in [0.15, 0.2) is 11.7 Å². The Morgan fingerprint density at radius 3 is 2.83 bits per heavy atom. The molecule has 3 aromatic rings. The van der Waals surface area contributed by atoms with Crippen molar-refractivity contribution in [2.45, 2.75) is 51.7 Å². The van der Waals surface area contributed by atoms with Crippen LogP contribution in [-0.2, 0) is 19.4 Å². The molecule has 0 amide bonds. The lowest BCUT2D eigenvalue weighted by molar-refractivity contribution is 0.381. The summed E-state index contributed by atoms with van der Waals surface area (Å²) in [7, 11) is 1.78. The number of nitrogens with zero attached hydrogens (tertiary/aromatic N) is 4. The highest BCUT2D eigenvalue weighted by Crippen LogP contribution is 2.22. The molecule has 1 aliphatic carbocycles. The van der Waals surface area contributed by atoms with Gasteiger partial charge in [-0.25, -0.2) is 0 Å². The summed E-state index contributed by atoms with van der Waals surface area (Å²) in [4.78, 5) is 4.36. The number of nitrogens with one attached hydrogen (secondary N) is 2. The van der Waals surface area contributed by atoms with E-state index in [1.54, 1.807) is 7.05 Å². The van der Waals surface area contributed by atoms with Gasteiger partial charge in [-0.1, -0.05) is 35.5 Å². The highest BCUT2D eigenvalue weighted by Gasteiger charge is 2.23. The Bertz CT molecular complexity index is 979. The lowest BCUT2D eigenvalue weighted by atomic mass is 9.94. The fourth-order valence-electron chi connectivity index (χ4n) is 3.60. The molecule has 0 saturated carbocycles. The normalized spacial score (nSPS) is 16.1. The van der Waals surface area contributed by atoms with Gasteiger partial charge in [0.25, 0.3) is 0 Å². The van der Waals surface area contributed by atoms with E-state index in [1.807, 2.05) is 36.4 Å². The second-order valence-corrected chi connectivity index (χ2v) is 7.73. The highest BCUT2D eigenvalue weighted by atomic mass is 127. The number of hydrogen-bond donors (Lipinski definition) is 2. The van der Waals surface area contributed by atoms with E-state index in [9.17, 15) is 0 Å². The monoisotopic (exact) mass is 520 g/mol. The van der Waals surface area contributed by atoms with Gasteiger partial charge in [0.05, 0.1) is 12.2 Å². The molecule has 2 N–H and O–H groups in total. The zero-order valence-corrected chi connectivity index (χ0v) is 20.0. The number of aryl methyl sites for hydroxylation is 1. The molecule has 2 aromatic heterocycles. The van der Waals surface area contributed by atoms with Crippen LogP contribution in [0.5, 0.6) is 0 Å². The van der Waals surface area contributed by atoms with E-state index in [1.165, 1.54) is 11.3 Å². The fourth-order valence-corrected chi connectivity index (χ4v) is 3.60. The second kappa shape index (κ2) is 10.1. The third kappa shape index (κ3) is 5.21. The Balaban J connectivity index is 0.00000256. The van der Waals surface area contributed by atoms with Crippen molar-refractivity contribution in [3.8, 4) is 11.3 Å². The smallest absolute Gasteiger partial charge is 0.191 e. The van der Waals surface area contributed by atoms with Crippen molar-refractivity contribution in [1.29, 1.82) is 0 Å². The molecule has 7 nitrogen and oxygen atoms in total. The van der Waals surface area contributed by atoms with Gasteiger partial charge in [-0.3, -0.25) is 9.67 Å². The molecule has 1 atom stereocenters. The van der Waals surface area contributed by atoms with E-state index in [0.717, 1.165) is 42.2 Å². The second-order valence-electron chi connectivity index (χ2n) is 7.73. The first-order chi connectivity index (χ1) is 14.1. The van der Waals surface area contributed by atoms with Gasteiger partial charge in [-0.15, -0.1) is 24.0 Å². The highest BCUT2D eigenvalue weighted by molar-refractivity contribution is 14.0. The van der Waals surface area contributed by atoms with Gasteiger partial charge < -0.3 is 15.2 Å². The van der Waals surface area contributed by atoms with Gasteiger partial charge in [0, 0.05) is 43.4 Å². The third-order valence-corrected chi connectivity index (χ3v) is 5.25. The van der Waals surface area contributed by atoms with Crippen molar-refractivity contribution in [1.82, 2.24) is 25.6 Å². The van der Waals surface area contributed by atoms with Gasteiger partial charge in [0.1, 0.15) is 5.69 Å². The lowest BCUT2D eigenvalue weighted by Gasteiger charge is -2.24. The van der Waals surface area contributed by atoms with Crippen molar-refractivity contribution >= 4 is 29.9 Å². The quantitative estimate of drug-likeness (QED) is 0.303. The summed E-state index contributed by atoms with van der Waals surface area (Å²) in [6.45, 7) is 4.85. The van der Waals surface area contributed by atoms with Crippen LogP contribution < -0.4 is 10.6 Å². The molecule has 0 radical (unpaired) electrons. The minimum Gasteiger partial charge on any atom is -0.359 e. The molecule has 8 heteroatoms. The van der Waals surface area contributed by atoms with Crippen molar-refractivity contribution < 1.29 is 4.52 Å². The number of benzene rings is 1. The minimum absolute atomic E-state index is 0. The van der Waals surface area contributed by atoms with E-state index < -0.39 is 0 Å².